The fraction of sp³-hybridized carbons (Fsp3) is 1.00. The first-order chi connectivity index (χ1) is 4.41. The summed E-state index contributed by atoms with van der Waals surface area (Å²) >= 11 is 6.29. The van der Waals surface area contributed by atoms with E-state index in [-0.39, 0.29) is 0 Å². The Kier molecular flexibility index (Phi) is 9.75. The Morgan fingerprint density at radius 3 is 1.67 bits per heavy atom. The fourth-order valence-corrected chi connectivity index (χ4v) is 0.830. The molecular formula is C5H10Br2O2. The minimum atomic E-state index is 0.612. The maximum Gasteiger partial charge on any atom is 0.102 e. The molecule has 0 aliphatic rings. The van der Waals surface area contributed by atoms with Gasteiger partial charge in [0.15, 0.2) is 0 Å². The van der Waals surface area contributed by atoms with Gasteiger partial charge in [-0.25, -0.2) is 0 Å². The molecule has 0 rings (SSSR count). The average molecular weight is 262 g/mol. The predicted molar refractivity (Wildman–Crippen MR) is 44.1 cm³/mol. The third-order valence-corrected chi connectivity index (χ3v) is 1.38. The summed E-state index contributed by atoms with van der Waals surface area (Å²) in [5.41, 5.74) is 1.22. The van der Waals surface area contributed by atoms with Crippen molar-refractivity contribution < 1.29 is 9.47 Å². The van der Waals surface area contributed by atoms with Crippen LogP contribution < -0.4 is 0 Å². The summed E-state index contributed by atoms with van der Waals surface area (Å²) in [6, 6.07) is 0. The first-order valence-corrected chi connectivity index (χ1v) is 4.93. The molecule has 0 atom stereocenters. The first-order valence-electron chi connectivity index (χ1n) is 2.69. The van der Waals surface area contributed by atoms with E-state index >= 15 is 0 Å². The van der Waals surface area contributed by atoms with Crippen LogP contribution in [0.1, 0.15) is 6.42 Å². The van der Waals surface area contributed by atoms with Gasteiger partial charge in [-0.2, -0.15) is 0 Å². The van der Waals surface area contributed by atoms with Gasteiger partial charge in [-0.1, -0.05) is 31.9 Å². The number of hydrogen-bond acceptors (Lipinski definition) is 2. The van der Waals surface area contributed by atoms with Gasteiger partial charge >= 0.3 is 0 Å². The highest BCUT2D eigenvalue weighted by molar-refractivity contribution is 9.09. The monoisotopic (exact) mass is 260 g/mol. The van der Waals surface area contributed by atoms with Gasteiger partial charge in [0.1, 0.15) is 11.0 Å². The Bertz CT molecular complexity index is 46.2. The minimum Gasteiger partial charge on any atom is -0.370 e. The number of rotatable bonds is 6. The number of alkyl halides is 2. The summed E-state index contributed by atoms with van der Waals surface area (Å²) in [6.45, 7) is 1.52. The molecule has 0 radical (unpaired) electrons. The van der Waals surface area contributed by atoms with Gasteiger partial charge in [-0.3, -0.25) is 0 Å². The van der Waals surface area contributed by atoms with Crippen LogP contribution in [0.5, 0.6) is 0 Å². The predicted octanol–water partition coefficient (Wildman–Crippen LogP) is 2.11. The molecule has 0 spiro atoms. The van der Waals surface area contributed by atoms with Crippen molar-refractivity contribution in [3.05, 3.63) is 0 Å². The van der Waals surface area contributed by atoms with Gasteiger partial charge in [-0.05, 0) is 6.42 Å². The highest BCUT2D eigenvalue weighted by Crippen LogP contribution is 1.89. The molecule has 0 aliphatic carbocycles. The van der Waals surface area contributed by atoms with E-state index in [0.717, 1.165) is 19.6 Å². The SMILES string of the molecule is BrCOCCCOCBr. The van der Waals surface area contributed by atoms with Gasteiger partial charge in [0.25, 0.3) is 0 Å². The molecule has 0 saturated carbocycles. The second-order valence-electron chi connectivity index (χ2n) is 1.39. The van der Waals surface area contributed by atoms with Crippen molar-refractivity contribution in [2.75, 3.05) is 24.2 Å². The second-order valence-corrected chi connectivity index (χ2v) is 2.30. The summed E-state index contributed by atoms with van der Waals surface area (Å²) in [5.74, 6) is 0. The summed E-state index contributed by atoms with van der Waals surface area (Å²) in [6.07, 6.45) is 0.956. The Morgan fingerprint density at radius 2 is 1.33 bits per heavy atom. The Balaban J connectivity index is 2.60. The molecule has 0 saturated heterocycles. The van der Waals surface area contributed by atoms with Crippen LogP contribution in [0.4, 0.5) is 0 Å². The maximum atomic E-state index is 5.00. The molecule has 0 unspecified atom stereocenters. The van der Waals surface area contributed by atoms with Crippen molar-refractivity contribution in [1.82, 2.24) is 0 Å². The van der Waals surface area contributed by atoms with Crippen LogP contribution in [-0.2, 0) is 9.47 Å². The number of hydrogen-bond donors (Lipinski definition) is 0. The van der Waals surface area contributed by atoms with Crippen LogP contribution >= 0.6 is 31.9 Å². The Morgan fingerprint density at radius 1 is 0.889 bits per heavy atom. The van der Waals surface area contributed by atoms with Crippen molar-refractivity contribution in [1.29, 1.82) is 0 Å². The van der Waals surface area contributed by atoms with E-state index in [9.17, 15) is 0 Å². The molecule has 0 aromatic heterocycles. The van der Waals surface area contributed by atoms with Crippen molar-refractivity contribution in [2.24, 2.45) is 0 Å². The highest BCUT2D eigenvalue weighted by atomic mass is 79.9. The van der Waals surface area contributed by atoms with Crippen LogP contribution in [0.2, 0.25) is 0 Å². The maximum absolute atomic E-state index is 5.00. The van der Waals surface area contributed by atoms with Crippen molar-refractivity contribution >= 4 is 31.9 Å². The molecular weight excluding hydrogens is 252 g/mol. The topological polar surface area (TPSA) is 18.5 Å². The van der Waals surface area contributed by atoms with E-state index in [2.05, 4.69) is 31.9 Å². The quantitative estimate of drug-likeness (QED) is 0.539. The third kappa shape index (κ3) is 8.88. The Hall–Kier alpha value is 0.880. The van der Waals surface area contributed by atoms with Crippen molar-refractivity contribution in [3.8, 4) is 0 Å². The van der Waals surface area contributed by atoms with Crippen LogP contribution in [0.3, 0.4) is 0 Å². The smallest absolute Gasteiger partial charge is 0.102 e. The molecule has 0 N–H and O–H groups in total. The molecule has 9 heavy (non-hydrogen) atoms. The minimum absolute atomic E-state index is 0.612. The van der Waals surface area contributed by atoms with Gasteiger partial charge in [0.2, 0.25) is 0 Å². The summed E-state index contributed by atoms with van der Waals surface area (Å²) in [5, 5.41) is 0. The normalized spacial score (nSPS) is 10.0. The lowest BCUT2D eigenvalue weighted by molar-refractivity contribution is 0.127. The van der Waals surface area contributed by atoms with E-state index in [1.165, 1.54) is 0 Å². The molecule has 2 nitrogen and oxygen atoms in total. The van der Waals surface area contributed by atoms with Crippen LogP contribution in [0.15, 0.2) is 0 Å². The lowest BCUT2D eigenvalue weighted by Gasteiger charge is -1.98. The average Bonchev–Trinajstić information content (AvgIpc) is 1.89. The van der Waals surface area contributed by atoms with Gasteiger partial charge in [0.05, 0.1) is 0 Å². The zero-order valence-corrected chi connectivity index (χ0v) is 8.28. The number of ether oxygens (including phenoxy) is 2. The molecule has 4 heteroatoms. The molecule has 0 amide bonds. The standard InChI is InChI=1S/C5H10Br2O2/c6-4-8-2-1-3-9-5-7/h1-5H2. The van der Waals surface area contributed by atoms with Crippen molar-refractivity contribution in [3.63, 3.8) is 0 Å². The number of halogens is 2. The molecule has 0 bridgehead atoms. The zero-order valence-electron chi connectivity index (χ0n) is 5.11. The molecule has 0 fully saturated rings. The lowest BCUT2D eigenvalue weighted by Crippen LogP contribution is -1.98. The summed E-state index contributed by atoms with van der Waals surface area (Å²) < 4.78 is 10.0. The largest absolute Gasteiger partial charge is 0.370 e. The van der Waals surface area contributed by atoms with Gasteiger partial charge < -0.3 is 9.47 Å². The van der Waals surface area contributed by atoms with Gasteiger partial charge in [0, 0.05) is 13.2 Å². The van der Waals surface area contributed by atoms with E-state index < -0.39 is 0 Å². The van der Waals surface area contributed by atoms with E-state index in [1.807, 2.05) is 0 Å². The zero-order chi connectivity index (χ0) is 6.95. The van der Waals surface area contributed by atoms with E-state index in [1.54, 1.807) is 0 Å². The van der Waals surface area contributed by atoms with E-state index in [4.69, 9.17) is 9.47 Å². The molecule has 0 aromatic rings. The van der Waals surface area contributed by atoms with Gasteiger partial charge in [-0.15, -0.1) is 0 Å². The summed E-state index contributed by atoms with van der Waals surface area (Å²) in [4.78, 5) is 0. The molecule has 0 heterocycles. The fourth-order valence-electron chi connectivity index (χ4n) is 0.372. The highest BCUT2D eigenvalue weighted by Gasteiger charge is 1.85. The third-order valence-electron chi connectivity index (χ3n) is 0.732. The lowest BCUT2D eigenvalue weighted by atomic mass is 10.5. The molecule has 0 aromatic carbocycles. The first kappa shape index (κ1) is 9.88. The molecule has 0 aliphatic heterocycles. The van der Waals surface area contributed by atoms with Crippen molar-refractivity contribution in [2.45, 2.75) is 6.42 Å². The van der Waals surface area contributed by atoms with Crippen LogP contribution in [-0.4, -0.2) is 24.2 Å². The second kappa shape index (κ2) is 8.88. The van der Waals surface area contributed by atoms with E-state index in [0.29, 0.717) is 11.0 Å². The molecule has 56 valence electrons. The van der Waals surface area contributed by atoms with Crippen LogP contribution in [0, 0.1) is 0 Å². The summed E-state index contributed by atoms with van der Waals surface area (Å²) in [7, 11) is 0. The van der Waals surface area contributed by atoms with Crippen LogP contribution in [0.25, 0.3) is 0 Å². The Labute approximate surface area is 72.2 Å².